The summed E-state index contributed by atoms with van der Waals surface area (Å²) in [4.78, 5) is 1.24. The third-order valence-electron chi connectivity index (χ3n) is 2.78. The van der Waals surface area contributed by atoms with Crippen molar-refractivity contribution in [3.63, 3.8) is 0 Å². The topological polar surface area (TPSA) is 58.7 Å². The molecule has 0 aliphatic heterocycles. The molecule has 5 heteroatoms. The van der Waals surface area contributed by atoms with Crippen molar-refractivity contribution < 1.29 is 26.3 Å². The quantitative estimate of drug-likeness (QED) is 0.720. The van der Waals surface area contributed by atoms with Gasteiger partial charge in [0.15, 0.2) is 0 Å². The van der Waals surface area contributed by atoms with Gasteiger partial charge in [-0.1, -0.05) is 23.9 Å². The molecule has 0 fully saturated rings. The molecule has 3 N–H and O–H groups in total. The van der Waals surface area contributed by atoms with Crippen molar-refractivity contribution in [1.82, 2.24) is 4.90 Å². The fourth-order valence-corrected chi connectivity index (χ4v) is 2.77. The maximum Gasteiger partial charge on any atom is 0.119 e. The fraction of sp³-hybridized carbons (Fsp3) is 0.333. The molecule has 23 heavy (non-hydrogen) atoms. The van der Waals surface area contributed by atoms with Gasteiger partial charge in [0.05, 0.1) is 12.0 Å². The summed E-state index contributed by atoms with van der Waals surface area (Å²) in [5.74, 6) is -0.348. The molecule has 0 spiro atoms. The van der Waals surface area contributed by atoms with E-state index in [1.807, 2.05) is 0 Å². The number of nitrogen functional groups attached to an aromatic ring is 1. The Bertz CT molecular complexity index is 1020. The van der Waals surface area contributed by atoms with Crippen LogP contribution in [0.15, 0.2) is 52.3 Å². The first kappa shape index (κ1) is 7.47. The Labute approximate surface area is 159 Å². The van der Waals surface area contributed by atoms with Crippen molar-refractivity contribution in [3.05, 3.63) is 48.0 Å². The van der Waals surface area contributed by atoms with E-state index < -0.39 is 40.0 Å². The Morgan fingerprint density at radius 2 is 2.09 bits per heavy atom. The molecule has 0 aliphatic carbocycles. The number of para-hydroxylation sites is 1. The Kier molecular flexibility index (Phi) is 2.86. The van der Waals surface area contributed by atoms with Gasteiger partial charge in [0.25, 0.3) is 0 Å². The molecule has 0 aromatic heterocycles. The van der Waals surface area contributed by atoms with Crippen LogP contribution in [0.1, 0.15) is 28.4 Å². The SMILES string of the molecule is [2H]C([2H])([2H])N(Cc1cc(OC([2H])([2H])C([2H])([2H])C([2H])([2H])O)ccc1Sc1ccccc1N)C([2H])([2H])[2H]. The van der Waals surface area contributed by atoms with Crippen molar-refractivity contribution in [2.45, 2.75) is 22.7 Å². The Balaban J connectivity index is 2.56. The number of hydrogen-bond donors (Lipinski definition) is 2. The van der Waals surface area contributed by atoms with Crippen LogP contribution < -0.4 is 10.5 Å². The molecule has 0 amide bonds. The van der Waals surface area contributed by atoms with Crippen LogP contribution in [-0.4, -0.2) is 37.1 Å². The lowest BCUT2D eigenvalue weighted by Gasteiger charge is -2.16. The van der Waals surface area contributed by atoms with E-state index in [4.69, 9.17) is 26.9 Å². The summed E-state index contributed by atoms with van der Waals surface area (Å²) >= 11 is 1.10. The minimum atomic E-state index is -3.60. The normalized spacial score (nSPS) is 21.7. The molecular weight excluding hydrogens is 308 g/mol. The van der Waals surface area contributed by atoms with E-state index in [-0.39, 0.29) is 16.2 Å². The fourth-order valence-electron chi connectivity index (χ4n) is 1.81. The first-order chi connectivity index (χ1) is 15.7. The van der Waals surface area contributed by atoms with Crippen molar-refractivity contribution in [2.75, 3.05) is 32.8 Å². The van der Waals surface area contributed by atoms with Gasteiger partial charge < -0.3 is 20.5 Å². The van der Waals surface area contributed by atoms with Crippen LogP contribution in [0.25, 0.3) is 0 Å². The second-order valence-electron chi connectivity index (χ2n) is 4.44. The molecule has 4 nitrogen and oxygen atoms in total. The molecule has 0 atom stereocenters. The number of nitrogens with zero attached hydrogens (tertiary/aromatic N) is 1. The maximum atomic E-state index is 9.44. The van der Waals surface area contributed by atoms with Crippen molar-refractivity contribution in [2.24, 2.45) is 0 Å². The highest BCUT2D eigenvalue weighted by atomic mass is 32.2. The molecule has 2 aromatic rings. The van der Waals surface area contributed by atoms with Gasteiger partial charge in [-0.15, -0.1) is 0 Å². The standard InChI is InChI=1S/C18H24N2O2S/c1-20(2)13-14-12-15(22-11-5-10-21)8-9-17(14)23-18-7-4-3-6-16(18)19/h3-4,6-9,12,21H,5,10-11,13,19H2,1-2H3/i1D3,2D3,5D2,10D2,11D2. The summed E-state index contributed by atoms with van der Waals surface area (Å²) in [6, 6.07) is 10.5. The third kappa shape index (κ3) is 5.46. The Hall–Kier alpha value is -1.69. The van der Waals surface area contributed by atoms with Crippen LogP contribution in [0.4, 0.5) is 5.69 Å². The first-order valence-corrected chi connectivity index (χ1v) is 7.33. The summed E-state index contributed by atoms with van der Waals surface area (Å²) in [6.45, 7) is -13.6. The number of benzene rings is 2. The minimum Gasteiger partial charge on any atom is -0.493 e. The zero-order valence-electron chi connectivity index (χ0n) is 24.0. The zero-order chi connectivity index (χ0) is 27.0. The summed E-state index contributed by atoms with van der Waals surface area (Å²) in [6.07, 6.45) is -3.50. The van der Waals surface area contributed by atoms with Crippen LogP contribution >= 0.6 is 11.8 Å². The van der Waals surface area contributed by atoms with E-state index in [9.17, 15) is 5.11 Å². The van der Waals surface area contributed by atoms with Crippen LogP contribution in [0.5, 0.6) is 5.75 Å². The predicted octanol–water partition coefficient (Wildman–Crippen LogP) is 3.24. The molecule has 0 radical (unpaired) electrons. The van der Waals surface area contributed by atoms with Gasteiger partial charge in [0.2, 0.25) is 0 Å². The molecule has 0 saturated carbocycles. The van der Waals surface area contributed by atoms with Crippen LogP contribution in [-0.2, 0) is 6.54 Å². The Morgan fingerprint density at radius 3 is 2.83 bits per heavy atom. The number of ether oxygens (including phenoxy) is 1. The molecule has 124 valence electrons. The largest absolute Gasteiger partial charge is 0.493 e. The average molecular weight is 345 g/mol. The smallest absolute Gasteiger partial charge is 0.119 e. The summed E-state index contributed by atoms with van der Waals surface area (Å²) < 4.78 is 96.2. The second-order valence-corrected chi connectivity index (χ2v) is 5.52. The lowest BCUT2D eigenvalue weighted by atomic mass is 10.2. The van der Waals surface area contributed by atoms with Crippen molar-refractivity contribution in [3.8, 4) is 5.75 Å². The van der Waals surface area contributed by atoms with E-state index in [1.54, 1.807) is 24.3 Å². The number of hydrogen-bond acceptors (Lipinski definition) is 5. The van der Waals surface area contributed by atoms with Crippen LogP contribution in [0.2, 0.25) is 0 Å². The molecule has 0 bridgehead atoms. The van der Waals surface area contributed by atoms with E-state index in [0.29, 0.717) is 15.5 Å². The van der Waals surface area contributed by atoms with Gasteiger partial charge in [-0.25, -0.2) is 0 Å². The second kappa shape index (κ2) is 8.82. The van der Waals surface area contributed by atoms with Crippen LogP contribution in [0, 0.1) is 0 Å². The van der Waals surface area contributed by atoms with E-state index in [0.717, 1.165) is 17.8 Å². The first-order valence-electron chi connectivity index (χ1n) is 12.5. The van der Waals surface area contributed by atoms with Gasteiger partial charge in [-0.05, 0) is 49.8 Å². The molecule has 0 unspecified atom stereocenters. The van der Waals surface area contributed by atoms with Gasteiger partial charge in [-0.3, -0.25) is 0 Å². The Morgan fingerprint density at radius 1 is 1.26 bits per heavy atom. The van der Waals surface area contributed by atoms with Gasteiger partial charge >= 0.3 is 0 Å². The van der Waals surface area contributed by atoms with E-state index >= 15 is 0 Å². The third-order valence-corrected chi connectivity index (χ3v) is 3.99. The minimum absolute atomic E-state index is 0.0892. The van der Waals surface area contributed by atoms with E-state index in [2.05, 4.69) is 0 Å². The lowest BCUT2D eigenvalue weighted by molar-refractivity contribution is 0.233. The van der Waals surface area contributed by atoms with Gasteiger partial charge in [0, 0.05) is 45.9 Å². The number of nitrogens with two attached hydrogens (primary N) is 1. The molecule has 0 heterocycles. The molecule has 0 aliphatic rings. The molecule has 2 aromatic carbocycles. The monoisotopic (exact) mass is 344 g/mol. The molecular formula is C18H24N2O2S. The average Bonchev–Trinajstić information content (AvgIpc) is 2.66. The van der Waals surface area contributed by atoms with Crippen molar-refractivity contribution in [1.29, 1.82) is 0 Å². The number of aliphatic hydroxyl groups is 1. The molecule has 2 rings (SSSR count). The van der Waals surface area contributed by atoms with Gasteiger partial charge in [0.1, 0.15) is 5.75 Å². The van der Waals surface area contributed by atoms with Crippen molar-refractivity contribution >= 4 is 17.4 Å². The summed E-state index contributed by atoms with van der Waals surface area (Å²) in [5, 5.41) is 9.44. The lowest BCUT2D eigenvalue weighted by Crippen LogP contribution is -2.11. The highest BCUT2D eigenvalue weighted by Crippen LogP contribution is 2.35. The summed E-state index contributed by atoms with van der Waals surface area (Å²) in [7, 11) is 0. The van der Waals surface area contributed by atoms with E-state index in [1.165, 1.54) is 12.1 Å². The maximum absolute atomic E-state index is 9.44. The highest BCUT2D eigenvalue weighted by Gasteiger charge is 2.09. The zero-order valence-corrected chi connectivity index (χ0v) is 12.9. The molecule has 0 saturated heterocycles. The summed E-state index contributed by atoms with van der Waals surface area (Å²) in [5.41, 5.74) is 6.47. The van der Waals surface area contributed by atoms with Gasteiger partial charge in [-0.2, -0.15) is 0 Å². The predicted molar refractivity (Wildman–Crippen MR) is 96.0 cm³/mol. The number of anilines is 1. The van der Waals surface area contributed by atoms with Crippen LogP contribution in [0.3, 0.4) is 0 Å². The number of rotatable bonds is 8. The highest BCUT2D eigenvalue weighted by molar-refractivity contribution is 7.99.